The molecule has 2 aromatic carbocycles. The number of halogens is 2. The summed E-state index contributed by atoms with van der Waals surface area (Å²) in [6.45, 7) is 16.3. The number of nitrogens with zero attached hydrogens (tertiary/aromatic N) is 4. The molecule has 0 aromatic heterocycles. The molecular weight excluding hydrogens is 1060 g/mol. The lowest BCUT2D eigenvalue weighted by atomic mass is 9.84. The largest absolute Gasteiger partial charge is 0.492 e. The topological polar surface area (TPSA) is 224 Å². The summed E-state index contributed by atoms with van der Waals surface area (Å²) in [5.41, 5.74) is -0.200. The normalized spacial score (nSPS) is 24.1. The standard InChI is InChI=1S/C30H42ClN3O6.C29H40ClN3O6/c1-6-39-24-13-12-20(15-21(24)31)22-16-30(40-33-22)17-23(28(37)38-5)34(18-30)27(36)26(29(2,3)4)32-25(35)14-19-10-8-7-9-11-19;1-5-38-23-12-11-19(14-20(23)30)21-15-29(39-32-21)16-22(27(36)37)33(17-29)26(35)25(28(2,3)4)31-24(34)13-18-9-7-6-8-10-18/h12-13,15,19,23,26H,6-11,14,16-18H2,1-5H3,(H,32,35);11-12,14,18,22,25H,5-10,13,15-17H2,1-4H3,(H,31,34)(H,36,37)/t23-,26+,30+;22-,25+,29+/m00/s1. The third kappa shape index (κ3) is 15.0. The smallest absolute Gasteiger partial charge is 0.328 e. The molecule has 2 spiro atoms. The van der Waals surface area contributed by atoms with Crippen LogP contribution < -0.4 is 20.1 Å². The summed E-state index contributed by atoms with van der Waals surface area (Å²) in [5.74, 6) is -0.817. The van der Waals surface area contributed by atoms with E-state index < -0.39 is 64.0 Å². The van der Waals surface area contributed by atoms with Gasteiger partial charge in [-0.2, -0.15) is 0 Å². The van der Waals surface area contributed by atoms with Crippen LogP contribution in [0.1, 0.15) is 169 Å². The van der Waals surface area contributed by atoms with Crippen molar-refractivity contribution < 1.29 is 57.8 Å². The van der Waals surface area contributed by atoms with Gasteiger partial charge in [0.05, 0.1) is 54.9 Å². The fourth-order valence-corrected chi connectivity index (χ4v) is 12.4. The summed E-state index contributed by atoms with van der Waals surface area (Å²) in [5, 5.41) is 25.5. The van der Waals surface area contributed by atoms with Gasteiger partial charge in [0, 0.05) is 49.7 Å². The third-order valence-electron chi connectivity index (χ3n) is 16.2. The molecule has 6 atom stereocenters. The van der Waals surface area contributed by atoms with Gasteiger partial charge in [-0.3, -0.25) is 19.2 Å². The zero-order valence-electron chi connectivity index (χ0n) is 47.6. The quantitative estimate of drug-likeness (QED) is 0.134. The summed E-state index contributed by atoms with van der Waals surface area (Å²) in [4.78, 5) is 93.9. The molecule has 2 saturated heterocycles. The summed E-state index contributed by atoms with van der Waals surface area (Å²) in [6.07, 6.45) is 12.9. The van der Waals surface area contributed by atoms with E-state index in [0.717, 1.165) is 62.5 Å². The molecule has 3 N–H and O–H groups in total. The number of amides is 4. The van der Waals surface area contributed by atoms with Gasteiger partial charge in [-0.25, -0.2) is 9.59 Å². The van der Waals surface area contributed by atoms with Gasteiger partial charge in [-0.05, 0) is 98.6 Å². The van der Waals surface area contributed by atoms with Crippen molar-refractivity contribution in [3.8, 4) is 11.5 Å². The molecule has 4 fully saturated rings. The van der Waals surface area contributed by atoms with Gasteiger partial charge in [0.2, 0.25) is 23.6 Å². The summed E-state index contributed by atoms with van der Waals surface area (Å²) in [7, 11) is 1.31. The number of carboxylic acids is 1. The van der Waals surface area contributed by atoms with E-state index in [0.29, 0.717) is 83.7 Å². The Morgan fingerprint density at radius 3 is 1.41 bits per heavy atom. The van der Waals surface area contributed by atoms with E-state index in [1.54, 1.807) is 24.3 Å². The molecule has 79 heavy (non-hydrogen) atoms. The number of benzene rings is 2. The number of carbonyl (C=O) groups is 6. The van der Waals surface area contributed by atoms with Gasteiger partial charge in [-0.15, -0.1) is 0 Å². The second-order valence-corrected chi connectivity index (χ2v) is 25.3. The number of esters is 1. The Balaban J connectivity index is 0.000000229. The van der Waals surface area contributed by atoms with Crippen LogP contribution in [0.25, 0.3) is 0 Å². The number of ether oxygens (including phenoxy) is 3. The summed E-state index contributed by atoms with van der Waals surface area (Å²) in [6, 6.07) is 7.18. The number of carboxylic acid groups (broad SMARTS) is 1. The van der Waals surface area contributed by atoms with Gasteiger partial charge in [0.15, 0.2) is 11.2 Å². The summed E-state index contributed by atoms with van der Waals surface area (Å²) >= 11 is 12.8. The molecule has 8 rings (SSSR count). The Hall–Kier alpha value is -5.62. The molecule has 2 aliphatic carbocycles. The van der Waals surface area contributed by atoms with Crippen molar-refractivity contribution >= 4 is 70.2 Å². The number of hydrogen-bond acceptors (Lipinski definition) is 13. The Morgan fingerprint density at radius 2 is 1.05 bits per heavy atom. The highest BCUT2D eigenvalue weighted by Gasteiger charge is 2.57. The van der Waals surface area contributed by atoms with Crippen molar-refractivity contribution in [3.05, 3.63) is 57.6 Å². The predicted molar refractivity (Wildman–Crippen MR) is 300 cm³/mol. The van der Waals surface area contributed by atoms with E-state index in [1.807, 2.05) is 67.5 Å². The SMILES string of the molecule is CCOc1ccc(C2=NO[C@]3(C2)C[C@@H](C(=O)O)N(C(=O)[C@@H](NC(=O)CC2CCCCC2)C(C)(C)C)C3)cc1Cl.CCOc1ccc(C2=NO[C@]3(C2)C[C@@H](C(=O)OC)N(C(=O)[C@@H](NC(=O)CC2CCCCC2)C(C)(C)C)C3)cc1Cl. The first kappa shape index (κ1) is 61.0. The van der Waals surface area contributed by atoms with E-state index in [1.165, 1.54) is 29.8 Å². The van der Waals surface area contributed by atoms with Crippen LogP contribution >= 0.6 is 23.2 Å². The number of nitrogens with one attached hydrogen (secondary N) is 2. The Bertz CT molecular complexity index is 2620. The third-order valence-corrected chi connectivity index (χ3v) is 16.8. The van der Waals surface area contributed by atoms with Crippen LogP contribution in [0.15, 0.2) is 46.7 Å². The molecule has 2 aromatic rings. The Kier molecular flexibility index (Phi) is 20.0. The van der Waals surface area contributed by atoms with Crippen LogP contribution in [0, 0.1) is 22.7 Å². The number of likely N-dealkylation sites (tertiary alicyclic amines) is 2. The average Bonchev–Trinajstić information content (AvgIpc) is 4.29. The molecule has 4 amide bonds. The maximum Gasteiger partial charge on any atom is 0.328 e. The lowest BCUT2D eigenvalue weighted by Gasteiger charge is -2.35. The van der Waals surface area contributed by atoms with Gasteiger partial charge in [-0.1, -0.05) is 114 Å². The van der Waals surface area contributed by atoms with Crippen molar-refractivity contribution in [1.29, 1.82) is 0 Å². The predicted octanol–water partition coefficient (Wildman–Crippen LogP) is 9.67. The fourth-order valence-electron chi connectivity index (χ4n) is 11.9. The minimum absolute atomic E-state index is 0.0611. The first-order valence-corrected chi connectivity index (χ1v) is 29.0. The highest BCUT2D eigenvalue weighted by molar-refractivity contribution is 6.33. The molecule has 0 unspecified atom stereocenters. The van der Waals surface area contributed by atoms with Crippen LogP contribution in [0.2, 0.25) is 10.0 Å². The number of rotatable bonds is 16. The zero-order valence-corrected chi connectivity index (χ0v) is 49.1. The van der Waals surface area contributed by atoms with Gasteiger partial charge in [0.25, 0.3) is 0 Å². The van der Waals surface area contributed by atoms with E-state index in [2.05, 4.69) is 20.9 Å². The first-order valence-electron chi connectivity index (χ1n) is 28.2. The van der Waals surface area contributed by atoms with Crippen LogP contribution in [-0.2, 0) is 43.2 Å². The molecule has 18 nitrogen and oxygen atoms in total. The number of hydrogen-bond donors (Lipinski definition) is 3. The Morgan fingerprint density at radius 1 is 0.658 bits per heavy atom. The maximum atomic E-state index is 14.1. The van der Waals surface area contributed by atoms with Gasteiger partial charge >= 0.3 is 11.9 Å². The lowest BCUT2D eigenvalue weighted by molar-refractivity contribution is -0.153. The number of aliphatic carboxylic acids is 1. The lowest BCUT2D eigenvalue weighted by Crippen LogP contribution is -2.57. The molecule has 434 valence electrons. The van der Waals surface area contributed by atoms with Crippen LogP contribution in [0.3, 0.4) is 0 Å². The van der Waals surface area contributed by atoms with E-state index >= 15 is 0 Å². The molecule has 6 aliphatic rings. The van der Waals surface area contributed by atoms with E-state index in [9.17, 15) is 33.9 Å². The van der Waals surface area contributed by atoms with Crippen molar-refractivity contribution in [2.24, 2.45) is 33.0 Å². The first-order chi connectivity index (χ1) is 37.4. The molecule has 4 aliphatic heterocycles. The Labute approximate surface area is 475 Å². The highest BCUT2D eigenvalue weighted by Crippen LogP contribution is 2.43. The maximum absolute atomic E-state index is 14.1. The van der Waals surface area contributed by atoms with Crippen LogP contribution in [0.5, 0.6) is 11.5 Å². The van der Waals surface area contributed by atoms with Gasteiger partial charge < -0.3 is 49.4 Å². The second kappa shape index (κ2) is 25.9. The van der Waals surface area contributed by atoms with E-state index in [-0.39, 0.29) is 43.7 Å². The molecule has 2 saturated carbocycles. The number of carbonyl (C=O) groups excluding carboxylic acids is 5. The molecular formula is C59H82Cl2N6O12. The molecule has 0 radical (unpaired) electrons. The van der Waals surface area contributed by atoms with Gasteiger partial charge in [0.1, 0.15) is 35.7 Å². The van der Waals surface area contributed by atoms with E-state index in [4.69, 9.17) is 47.1 Å². The molecule has 20 heteroatoms. The van der Waals surface area contributed by atoms with Crippen molar-refractivity contribution in [1.82, 2.24) is 20.4 Å². The highest BCUT2D eigenvalue weighted by atomic mass is 35.5. The summed E-state index contributed by atoms with van der Waals surface area (Å²) < 4.78 is 16.1. The van der Waals surface area contributed by atoms with Crippen molar-refractivity contribution in [2.45, 2.75) is 193 Å². The minimum Gasteiger partial charge on any atom is -0.492 e. The number of methoxy groups -OCH3 is 1. The molecule has 4 heterocycles. The average molecular weight is 1140 g/mol. The zero-order chi connectivity index (χ0) is 57.5. The van der Waals surface area contributed by atoms with Crippen molar-refractivity contribution in [3.63, 3.8) is 0 Å². The minimum atomic E-state index is -1.11. The van der Waals surface area contributed by atoms with Crippen LogP contribution in [0.4, 0.5) is 0 Å². The van der Waals surface area contributed by atoms with Crippen LogP contribution in [-0.4, -0.2) is 131 Å². The van der Waals surface area contributed by atoms with Crippen molar-refractivity contribution in [2.75, 3.05) is 33.4 Å². The molecule has 0 bridgehead atoms. The fraction of sp³-hybridized carbons (Fsp3) is 0.661. The second-order valence-electron chi connectivity index (χ2n) is 24.5. The monoisotopic (exact) mass is 1140 g/mol. The number of oxime groups is 2.